The number of benzene rings is 2. The van der Waals surface area contributed by atoms with Crippen LogP contribution in [0.1, 0.15) is 17.3 Å². The van der Waals surface area contributed by atoms with Gasteiger partial charge < -0.3 is 4.74 Å². The molecule has 9 nitrogen and oxygen atoms in total. The maximum Gasteiger partial charge on any atom is 0.324 e. The first-order valence-corrected chi connectivity index (χ1v) is 9.20. The van der Waals surface area contributed by atoms with Crippen LogP contribution >= 0.6 is 0 Å². The van der Waals surface area contributed by atoms with Crippen molar-refractivity contribution in [2.45, 2.75) is 17.9 Å². The van der Waals surface area contributed by atoms with Crippen molar-refractivity contribution in [1.82, 2.24) is 4.72 Å². The van der Waals surface area contributed by atoms with Gasteiger partial charge in [-0.1, -0.05) is 30.3 Å². The molecule has 1 N–H and O–H groups in total. The Morgan fingerprint density at radius 2 is 1.70 bits per heavy atom. The maximum atomic E-state index is 12.2. The van der Waals surface area contributed by atoms with Gasteiger partial charge >= 0.3 is 5.97 Å². The van der Waals surface area contributed by atoms with E-state index in [1.54, 1.807) is 30.3 Å². The van der Waals surface area contributed by atoms with Crippen LogP contribution in [0.25, 0.3) is 0 Å². The molecule has 2 aromatic carbocycles. The molecule has 0 spiro atoms. The van der Waals surface area contributed by atoms with Crippen molar-refractivity contribution < 1.29 is 27.7 Å². The third-order valence-corrected chi connectivity index (χ3v) is 5.04. The quantitative estimate of drug-likeness (QED) is 0.313. The lowest BCUT2D eigenvalue weighted by molar-refractivity contribution is -0.384. The summed E-state index contributed by atoms with van der Waals surface area (Å²) in [5, 5.41) is 10.6. The second-order valence-electron chi connectivity index (χ2n) is 5.49. The lowest BCUT2D eigenvalue weighted by Gasteiger charge is -2.13. The van der Waals surface area contributed by atoms with Gasteiger partial charge in [-0.3, -0.25) is 19.7 Å². The number of hydrogen-bond donors (Lipinski definition) is 1. The molecule has 0 aromatic heterocycles. The number of ketones is 1. The van der Waals surface area contributed by atoms with Crippen molar-refractivity contribution in [2.24, 2.45) is 0 Å². The predicted molar refractivity (Wildman–Crippen MR) is 94.6 cm³/mol. The van der Waals surface area contributed by atoms with Crippen molar-refractivity contribution in [3.8, 4) is 0 Å². The van der Waals surface area contributed by atoms with Crippen LogP contribution in [0.5, 0.6) is 0 Å². The van der Waals surface area contributed by atoms with Gasteiger partial charge in [0.05, 0.1) is 9.82 Å². The summed E-state index contributed by atoms with van der Waals surface area (Å²) in [6, 6.07) is 11.1. The lowest BCUT2D eigenvalue weighted by Crippen LogP contribution is -2.40. The number of non-ortho nitro benzene ring substituents is 1. The summed E-state index contributed by atoms with van der Waals surface area (Å²) in [6.45, 7) is 0.741. The van der Waals surface area contributed by atoms with Gasteiger partial charge in [0, 0.05) is 17.7 Å². The Morgan fingerprint density at radius 1 is 1.11 bits per heavy atom. The Labute approximate surface area is 155 Å². The number of nitrogens with zero attached hydrogens (tertiary/aromatic N) is 1. The van der Waals surface area contributed by atoms with E-state index in [0.717, 1.165) is 24.3 Å². The monoisotopic (exact) mass is 392 g/mol. The number of esters is 1. The minimum Gasteiger partial charge on any atom is -0.456 e. The van der Waals surface area contributed by atoms with Gasteiger partial charge in [0.2, 0.25) is 10.0 Å². The summed E-state index contributed by atoms with van der Waals surface area (Å²) < 4.78 is 31.4. The first-order chi connectivity index (χ1) is 12.7. The van der Waals surface area contributed by atoms with Gasteiger partial charge in [0.25, 0.3) is 5.69 Å². The molecule has 142 valence electrons. The fourth-order valence-corrected chi connectivity index (χ4v) is 3.26. The number of nitro groups is 1. The second kappa shape index (κ2) is 8.52. The SMILES string of the molecule is CC(NS(=O)(=O)c1ccc([N+](=O)[O-])cc1)C(=O)OCC(=O)c1ccccc1. The molecule has 0 radical (unpaired) electrons. The Hall–Kier alpha value is -3.11. The van der Waals surface area contributed by atoms with E-state index in [1.165, 1.54) is 6.92 Å². The molecule has 2 rings (SSSR count). The van der Waals surface area contributed by atoms with E-state index in [4.69, 9.17) is 4.74 Å². The van der Waals surface area contributed by atoms with E-state index >= 15 is 0 Å². The molecule has 0 fully saturated rings. The van der Waals surface area contributed by atoms with Gasteiger partial charge in [0.15, 0.2) is 12.4 Å². The summed E-state index contributed by atoms with van der Waals surface area (Å²) in [5.74, 6) is -1.35. The molecule has 0 aliphatic rings. The number of hydrogen-bond acceptors (Lipinski definition) is 7. The van der Waals surface area contributed by atoms with E-state index in [9.17, 15) is 28.1 Å². The molecule has 1 atom stereocenters. The van der Waals surface area contributed by atoms with Crippen molar-refractivity contribution in [3.05, 3.63) is 70.3 Å². The van der Waals surface area contributed by atoms with E-state index in [1.807, 2.05) is 0 Å². The van der Waals surface area contributed by atoms with Gasteiger partial charge in [0.1, 0.15) is 6.04 Å². The third kappa shape index (κ3) is 5.43. The molecule has 0 saturated heterocycles. The van der Waals surface area contributed by atoms with Crippen molar-refractivity contribution >= 4 is 27.5 Å². The van der Waals surface area contributed by atoms with Crippen molar-refractivity contribution in [3.63, 3.8) is 0 Å². The van der Waals surface area contributed by atoms with E-state index < -0.39 is 39.3 Å². The minimum absolute atomic E-state index is 0.242. The van der Waals surface area contributed by atoms with Crippen LogP contribution in [0.3, 0.4) is 0 Å². The Kier molecular flexibility index (Phi) is 6.37. The molecule has 27 heavy (non-hydrogen) atoms. The highest BCUT2D eigenvalue weighted by atomic mass is 32.2. The van der Waals surface area contributed by atoms with E-state index in [-0.39, 0.29) is 10.6 Å². The third-order valence-electron chi connectivity index (χ3n) is 3.48. The van der Waals surface area contributed by atoms with E-state index in [0.29, 0.717) is 5.56 Å². The fraction of sp³-hybridized carbons (Fsp3) is 0.176. The molecule has 0 amide bonds. The maximum absolute atomic E-state index is 12.2. The number of ether oxygens (including phenoxy) is 1. The number of nitrogens with one attached hydrogen (secondary N) is 1. The van der Waals surface area contributed by atoms with Crippen LogP contribution in [0, 0.1) is 10.1 Å². The standard InChI is InChI=1S/C17H16N2O7S/c1-12(17(21)26-11-16(20)13-5-3-2-4-6-13)18-27(24,25)15-9-7-14(8-10-15)19(22)23/h2-10,12,18H,11H2,1H3. The molecular weight excluding hydrogens is 376 g/mol. The van der Waals surface area contributed by atoms with Gasteiger partial charge in [-0.15, -0.1) is 0 Å². The molecular formula is C17H16N2O7S. The molecule has 1 unspecified atom stereocenters. The number of rotatable bonds is 8. The molecule has 2 aromatic rings. The van der Waals surface area contributed by atoms with Gasteiger partial charge in [-0.05, 0) is 19.1 Å². The largest absolute Gasteiger partial charge is 0.456 e. The van der Waals surface area contributed by atoms with Crippen molar-refractivity contribution in [2.75, 3.05) is 6.61 Å². The topological polar surface area (TPSA) is 133 Å². The highest BCUT2D eigenvalue weighted by Crippen LogP contribution is 2.16. The first kappa shape index (κ1) is 20.2. The number of carbonyl (C=O) groups excluding carboxylic acids is 2. The highest BCUT2D eigenvalue weighted by molar-refractivity contribution is 7.89. The van der Waals surface area contributed by atoms with Crippen LogP contribution in [0.4, 0.5) is 5.69 Å². The molecule has 0 aliphatic carbocycles. The average molecular weight is 392 g/mol. The summed E-state index contributed by atoms with van der Waals surface area (Å²) in [7, 11) is -4.10. The lowest BCUT2D eigenvalue weighted by atomic mass is 10.1. The van der Waals surface area contributed by atoms with Gasteiger partial charge in [-0.2, -0.15) is 4.72 Å². The molecule has 0 aliphatic heterocycles. The zero-order chi connectivity index (χ0) is 20.0. The predicted octanol–water partition coefficient (Wildman–Crippen LogP) is 1.69. The summed E-state index contributed by atoms with van der Waals surface area (Å²) in [4.78, 5) is 33.5. The summed E-state index contributed by atoms with van der Waals surface area (Å²) in [5.41, 5.74) is 0.102. The van der Waals surface area contributed by atoms with Crippen LogP contribution < -0.4 is 4.72 Å². The van der Waals surface area contributed by atoms with Crippen LogP contribution in [0.2, 0.25) is 0 Å². The number of Topliss-reactive ketones (excluding diaryl/α,β-unsaturated/α-hetero) is 1. The minimum atomic E-state index is -4.10. The summed E-state index contributed by atoms with van der Waals surface area (Å²) in [6.07, 6.45) is 0. The number of carbonyl (C=O) groups is 2. The molecule has 0 bridgehead atoms. The molecule has 0 heterocycles. The Morgan fingerprint density at radius 3 is 2.26 bits per heavy atom. The van der Waals surface area contributed by atoms with Crippen LogP contribution in [-0.4, -0.2) is 37.7 Å². The number of nitro benzene ring substituents is 1. The zero-order valence-electron chi connectivity index (χ0n) is 14.2. The Balaban J connectivity index is 1.96. The van der Waals surface area contributed by atoms with Gasteiger partial charge in [-0.25, -0.2) is 8.42 Å². The van der Waals surface area contributed by atoms with Crippen molar-refractivity contribution in [1.29, 1.82) is 0 Å². The highest BCUT2D eigenvalue weighted by Gasteiger charge is 2.24. The van der Waals surface area contributed by atoms with Crippen LogP contribution in [-0.2, 0) is 19.6 Å². The van der Waals surface area contributed by atoms with E-state index in [2.05, 4.69) is 4.72 Å². The molecule has 10 heteroatoms. The molecule has 0 saturated carbocycles. The zero-order valence-corrected chi connectivity index (χ0v) is 15.0. The Bertz CT molecular complexity index is 941. The second-order valence-corrected chi connectivity index (χ2v) is 7.20. The first-order valence-electron chi connectivity index (χ1n) is 7.72. The number of sulfonamides is 1. The van der Waals surface area contributed by atoms with Crippen LogP contribution in [0.15, 0.2) is 59.5 Å². The average Bonchev–Trinajstić information content (AvgIpc) is 2.66. The smallest absolute Gasteiger partial charge is 0.324 e. The normalized spacial score (nSPS) is 12.2. The fourth-order valence-electron chi connectivity index (χ4n) is 2.06. The summed E-state index contributed by atoms with van der Waals surface area (Å²) >= 11 is 0.